The molecule has 2 aliphatic heterocycles. The molecule has 0 unspecified atom stereocenters. The molecular weight excluding hydrogens is 352 g/mol. The van der Waals surface area contributed by atoms with Gasteiger partial charge in [-0.2, -0.15) is 0 Å². The number of hydrogen-bond acceptors (Lipinski definition) is 4. The average molecular weight is 383 g/mol. The van der Waals surface area contributed by atoms with Gasteiger partial charge < -0.3 is 14.8 Å². The van der Waals surface area contributed by atoms with Gasteiger partial charge in [0.1, 0.15) is 11.2 Å². The summed E-state index contributed by atoms with van der Waals surface area (Å²) >= 11 is 0. The summed E-state index contributed by atoms with van der Waals surface area (Å²) in [7, 11) is 0. The molecule has 4 rings (SSSR count). The Labute approximate surface area is 165 Å². The summed E-state index contributed by atoms with van der Waals surface area (Å²) in [6.07, 6.45) is 7.81. The van der Waals surface area contributed by atoms with Gasteiger partial charge in [0.2, 0.25) is 5.43 Å². The monoisotopic (exact) mass is 382 g/mol. The third kappa shape index (κ3) is 3.58. The highest BCUT2D eigenvalue weighted by atomic mass is 16.2. The second-order valence-corrected chi connectivity index (χ2v) is 8.19. The number of carbonyl (C=O) groups excluding carboxylic acids is 1. The molecule has 150 valence electrons. The molecule has 6 heteroatoms. The third-order valence-electron chi connectivity index (χ3n) is 6.40. The maximum absolute atomic E-state index is 12.9. The van der Waals surface area contributed by atoms with Crippen molar-refractivity contribution in [2.45, 2.75) is 58.5 Å². The zero-order valence-electron chi connectivity index (χ0n) is 16.9. The van der Waals surface area contributed by atoms with Crippen molar-refractivity contribution in [1.29, 1.82) is 0 Å². The topological polar surface area (TPSA) is 67.2 Å². The molecule has 0 bridgehead atoms. The predicted octanol–water partition coefficient (Wildman–Crippen LogP) is 2.72. The van der Waals surface area contributed by atoms with Gasteiger partial charge >= 0.3 is 0 Å². The zero-order valence-corrected chi connectivity index (χ0v) is 16.9. The summed E-state index contributed by atoms with van der Waals surface area (Å²) in [6.45, 7) is 7.59. The van der Waals surface area contributed by atoms with E-state index in [4.69, 9.17) is 0 Å². The van der Waals surface area contributed by atoms with Crippen LogP contribution in [0.25, 0.3) is 11.0 Å². The Morgan fingerprint density at radius 1 is 1.21 bits per heavy atom. The Morgan fingerprint density at radius 2 is 2.04 bits per heavy atom. The van der Waals surface area contributed by atoms with Crippen LogP contribution in [0, 0.1) is 12.8 Å². The Balaban J connectivity index is 1.55. The van der Waals surface area contributed by atoms with E-state index in [0.717, 1.165) is 12.1 Å². The number of hydrogen-bond donors (Lipinski definition) is 1. The van der Waals surface area contributed by atoms with Crippen LogP contribution in [0.2, 0.25) is 0 Å². The molecule has 0 saturated carbocycles. The molecule has 2 aromatic heterocycles. The molecule has 1 amide bonds. The molecule has 0 radical (unpaired) electrons. The summed E-state index contributed by atoms with van der Waals surface area (Å²) < 4.78 is 1.89. The van der Waals surface area contributed by atoms with Crippen LogP contribution in [-0.4, -0.2) is 46.0 Å². The van der Waals surface area contributed by atoms with Crippen molar-refractivity contribution < 1.29 is 4.79 Å². The van der Waals surface area contributed by atoms with Crippen molar-refractivity contribution in [3.05, 3.63) is 39.8 Å². The number of rotatable bonds is 4. The van der Waals surface area contributed by atoms with Crippen molar-refractivity contribution in [1.82, 2.24) is 19.8 Å². The van der Waals surface area contributed by atoms with E-state index in [2.05, 4.69) is 15.2 Å². The summed E-state index contributed by atoms with van der Waals surface area (Å²) in [6, 6.07) is 4.19. The number of nitrogens with zero attached hydrogens (tertiary/aromatic N) is 3. The Kier molecular flexibility index (Phi) is 5.49. The lowest BCUT2D eigenvalue weighted by atomic mass is 9.83. The molecule has 2 aromatic rings. The zero-order chi connectivity index (χ0) is 19.7. The van der Waals surface area contributed by atoms with E-state index in [1.54, 1.807) is 12.3 Å². The Hall–Kier alpha value is -2.21. The van der Waals surface area contributed by atoms with E-state index in [1.165, 1.54) is 38.8 Å². The highest BCUT2D eigenvalue weighted by molar-refractivity contribution is 5.96. The van der Waals surface area contributed by atoms with Crippen molar-refractivity contribution in [2.75, 3.05) is 19.6 Å². The van der Waals surface area contributed by atoms with Crippen molar-refractivity contribution in [3.63, 3.8) is 0 Å². The molecule has 2 atom stereocenters. The number of nitrogens with one attached hydrogen (secondary N) is 1. The molecule has 0 aliphatic carbocycles. The largest absolute Gasteiger partial charge is 0.352 e. The van der Waals surface area contributed by atoms with Crippen LogP contribution < -0.4 is 10.7 Å². The van der Waals surface area contributed by atoms with Crippen LogP contribution in [-0.2, 0) is 6.54 Å². The maximum Gasteiger partial charge on any atom is 0.256 e. The third-order valence-corrected chi connectivity index (χ3v) is 6.40. The fraction of sp³-hybridized carbons (Fsp3) is 0.591. The van der Waals surface area contributed by atoms with Gasteiger partial charge in [-0.15, -0.1) is 0 Å². The molecule has 2 fully saturated rings. The fourth-order valence-electron chi connectivity index (χ4n) is 4.90. The number of aryl methyl sites for hydroxylation is 2. The summed E-state index contributed by atoms with van der Waals surface area (Å²) in [5, 5.41) is 3.58. The van der Waals surface area contributed by atoms with E-state index in [0.29, 0.717) is 36.1 Å². The van der Waals surface area contributed by atoms with Crippen molar-refractivity contribution >= 4 is 16.9 Å². The van der Waals surface area contributed by atoms with E-state index in [1.807, 2.05) is 24.5 Å². The number of piperidine rings is 2. The van der Waals surface area contributed by atoms with Crippen LogP contribution in [0.4, 0.5) is 0 Å². The molecule has 1 N–H and O–H groups in total. The second-order valence-electron chi connectivity index (χ2n) is 8.19. The number of aromatic nitrogens is 2. The van der Waals surface area contributed by atoms with E-state index in [-0.39, 0.29) is 16.9 Å². The van der Waals surface area contributed by atoms with Gasteiger partial charge in [-0.05, 0) is 70.7 Å². The van der Waals surface area contributed by atoms with Crippen molar-refractivity contribution in [3.8, 4) is 0 Å². The quantitative estimate of drug-likeness (QED) is 0.883. The molecule has 4 heterocycles. The SMILES string of the molecule is CCn1cc(C(=O)NC[C@@H]2CCCN3CCCC[C@H]23)c(=O)c2ccc(C)nc21. The smallest absolute Gasteiger partial charge is 0.256 e. The molecule has 28 heavy (non-hydrogen) atoms. The van der Waals surface area contributed by atoms with Crippen LogP contribution in [0.15, 0.2) is 23.1 Å². The number of pyridine rings is 2. The first-order valence-electron chi connectivity index (χ1n) is 10.6. The Morgan fingerprint density at radius 3 is 2.86 bits per heavy atom. The van der Waals surface area contributed by atoms with Crippen LogP contribution in [0.3, 0.4) is 0 Å². The minimum atomic E-state index is -0.261. The average Bonchev–Trinajstić information content (AvgIpc) is 2.72. The summed E-state index contributed by atoms with van der Waals surface area (Å²) in [5.41, 5.74) is 1.50. The Bertz CT molecular complexity index is 934. The van der Waals surface area contributed by atoms with Gasteiger partial charge in [0.05, 0.1) is 5.39 Å². The minimum Gasteiger partial charge on any atom is -0.352 e. The molecule has 2 saturated heterocycles. The lowest BCUT2D eigenvalue weighted by molar-refractivity contribution is 0.0575. The van der Waals surface area contributed by atoms with Gasteiger partial charge in [-0.25, -0.2) is 4.98 Å². The van der Waals surface area contributed by atoms with Gasteiger partial charge in [-0.1, -0.05) is 6.42 Å². The first-order chi connectivity index (χ1) is 13.6. The van der Waals surface area contributed by atoms with Gasteiger partial charge in [0.25, 0.3) is 5.91 Å². The predicted molar refractivity (Wildman–Crippen MR) is 111 cm³/mol. The van der Waals surface area contributed by atoms with Crippen LogP contribution in [0.1, 0.15) is 55.1 Å². The molecule has 6 nitrogen and oxygen atoms in total. The first-order valence-corrected chi connectivity index (χ1v) is 10.6. The highest BCUT2D eigenvalue weighted by Crippen LogP contribution is 2.30. The van der Waals surface area contributed by atoms with Crippen molar-refractivity contribution in [2.24, 2.45) is 5.92 Å². The van der Waals surface area contributed by atoms with Crippen LogP contribution >= 0.6 is 0 Å². The minimum absolute atomic E-state index is 0.219. The van der Waals surface area contributed by atoms with Crippen LogP contribution in [0.5, 0.6) is 0 Å². The van der Waals surface area contributed by atoms with E-state index < -0.39 is 0 Å². The molecular formula is C22H30N4O2. The number of carbonyl (C=O) groups is 1. The normalized spacial score (nSPS) is 22.8. The summed E-state index contributed by atoms with van der Waals surface area (Å²) in [5.74, 6) is 0.221. The molecule has 0 aromatic carbocycles. The maximum atomic E-state index is 12.9. The van der Waals surface area contributed by atoms with Gasteiger partial charge in [0, 0.05) is 31.0 Å². The lowest BCUT2D eigenvalue weighted by Gasteiger charge is -2.44. The number of fused-ring (bicyclic) bond motifs is 2. The van der Waals surface area contributed by atoms with E-state index in [9.17, 15) is 9.59 Å². The number of amides is 1. The highest BCUT2D eigenvalue weighted by Gasteiger charge is 2.33. The molecule has 0 spiro atoms. The fourth-order valence-corrected chi connectivity index (χ4v) is 4.90. The first kappa shape index (κ1) is 19.1. The second kappa shape index (κ2) is 8.03. The van der Waals surface area contributed by atoms with Gasteiger partial charge in [-0.3, -0.25) is 9.59 Å². The lowest BCUT2D eigenvalue weighted by Crippen LogP contribution is -2.51. The van der Waals surface area contributed by atoms with E-state index >= 15 is 0 Å². The molecule has 2 aliphatic rings. The van der Waals surface area contributed by atoms with Gasteiger partial charge in [0.15, 0.2) is 0 Å². The summed E-state index contributed by atoms with van der Waals surface area (Å²) in [4.78, 5) is 32.9. The standard InChI is InChI=1S/C22H30N4O2/c1-3-25-14-18(20(27)17-10-9-15(2)24-21(17)25)22(28)23-13-16-7-6-12-26-11-5-4-8-19(16)26/h9-10,14,16,19H,3-8,11-13H2,1-2H3,(H,23,28)/t16-,19+/m0/s1.